The number of nitrogen functional groups attached to an aromatic ring is 1. The molecule has 0 radical (unpaired) electrons. The van der Waals surface area contributed by atoms with E-state index in [1.165, 1.54) is 5.56 Å². The molecule has 1 aliphatic carbocycles. The van der Waals surface area contributed by atoms with Crippen molar-refractivity contribution in [2.75, 3.05) is 18.8 Å². The van der Waals surface area contributed by atoms with Crippen molar-refractivity contribution in [1.29, 1.82) is 0 Å². The average Bonchev–Trinajstić information content (AvgIpc) is 3.38. The Balaban J connectivity index is 1.28. The highest BCUT2D eigenvalue weighted by atomic mass is 16.1. The standard InChI is InChI=1S/C33H33N7O/c1-2-7-30(41)36-25-17-20-39(21-18-25)22-23-11-13-26(14-12-23)40-32(27-10-6-19-35-31(27)34)38-29-16-15-28(37-33(29)40)24-8-4-3-5-9-24/h4,6,8-16,19,25H,3,5,17-18,20-22H2,1H3,(H2,34,35)(H,36,41). The topological polar surface area (TPSA) is 102 Å². The van der Waals surface area contributed by atoms with E-state index in [2.05, 4.69) is 74.1 Å². The number of piperidine rings is 1. The molecule has 1 fully saturated rings. The van der Waals surface area contributed by atoms with Crippen molar-refractivity contribution >= 4 is 28.5 Å². The van der Waals surface area contributed by atoms with E-state index in [4.69, 9.17) is 15.7 Å². The number of aromatic nitrogens is 4. The third-order valence-corrected chi connectivity index (χ3v) is 7.64. The summed E-state index contributed by atoms with van der Waals surface area (Å²) in [7, 11) is 0. The Morgan fingerprint density at radius 1 is 1.07 bits per heavy atom. The predicted octanol–water partition coefficient (Wildman–Crippen LogP) is 4.90. The van der Waals surface area contributed by atoms with Crippen LogP contribution in [0, 0.1) is 11.8 Å². The van der Waals surface area contributed by atoms with Crippen LogP contribution in [-0.2, 0) is 11.3 Å². The molecule has 1 aliphatic heterocycles. The summed E-state index contributed by atoms with van der Waals surface area (Å²) in [4.78, 5) is 28.6. The van der Waals surface area contributed by atoms with Crippen LogP contribution in [0.3, 0.4) is 0 Å². The number of carbonyl (C=O) groups is 1. The highest BCUT2D eigenvalue weighted by Crippen LogP contribution is 2.32. The molecule has 1 saturated heterocycles. The number of rotatable bonds is 6. The van der Waals surface area contributed by atoms with Crippen LogP contribution in [0.25, 0.3) is 33.8 Å². The van der Waals surface area contributed by atoms with Crippen LogP contribution in [0.4, 0.5) is 5.82 Å². The number of benzene rings is 1. The lowest BCUT2D eigenvalue weighted by Gasteiger charge is -2.32. The molecule has 8 nitrogen and oxygen atoms in total. The molecule has 4 heterocycles. The third kappa shape index (κ3) is 5.76. The summed E-state index contributed by atoms with van der Waals surface area (Å²) in [6.45, 7) is 4.39. The normalized spacial score (nSPS) is 15.8. The summed E-state index contributed by atoms with van der Waals surface area (Å²) in [5.41, 5.74) is 12.9. The first-order chi connectivity index (χ1) is 20.1. The van der Waals surface area contributed by atoms with E-state index in [1.807, 2.05) is 24.3 Å². The highest BCUT2D eigenvalue weighted by molar-refractivity contribution is 5.93. The fraction of sp³-hybridized carbons (Fsp3) is 0.273. The van der Waals surface area contributed by atoms with Gasteiger partial charge in [-0.1, -0.05) is 36.3 Å². The second-order valence-corrected chi connectivity index (χ2v) is 10.5. The number of pyridine rings is 2. The van der Waals surface area contributed by atoms with Crippen LogP contribution in [0.2, 0.25) is 0 Å². The molecule has 2 aliphatic rings. The molecule has 206 valence electrons. The average molecular weight is 544 g/mol. The van der Waals surface area contributed by atoms with Crippen LogP contribution in [0.1, 0.15) is 43.9 Å². The number of nitrogens with two attached hydrogens (primary N) is 1. The van der Waals surface area contributed by atoms with Gasteiger partial charge in [0, 0.05) is 37.6 Å². The van der Waals surface area contributed by atoms with Gasteiger partial charge in [-0.25, -0.2) is 15.0 Å². The second kappa shape index (κ2) is 11.8. The van der Waals surface area contributed by atoms with E-state index in [0.717, 1.165) is 79.0 Å². The first-order valence-corrected chi connectivity index (χ1v) is 14.1. The number of hydrogen-bond donors (Lipinski definition) is 2. The Hall–Kier alpha value is -4.74. The van der Waals surface area contributed by atoms with Gasteiger partial charge < -0.3 is 11.1 Å². The van der Waals surface area contributed by atoms with Gasteiger partial charge in [-0.2, -0.15) is 0 Å². The Labute approximate surface area is 240 Å². The molecule has 6 rings (SSSR count). The number of imidazole rings is 1. The van der Waals surface area contributed by atoms with E-state index in [0.29, 0.717) is 11.6 Å². The molecule has 3 aromatic heterocycles. The molecule has 1 amide bonds. The van der Waals surface area contributed by atoms with Crippen molar-refractivity contribution in [1.82, 2.24) is 29.7 Å². The fourth-order valence-corrected chi connectivity index (χ4v) is 5.53. The van der Waals surface area contributed by atoms with Gasteiger partial charge in [0.2, 0.25) is 0 Å². The molecule has 0 unspecified atom stereocenters. The van der Waals surface area contributed by atoms with Crippen molar-refractivity contribution in [3.8, 4) is 28.9 Å². The first kappa shape index (κ1) is 26.5. The number of hydrogen-bond acceptors (Lipinski definition) is 6. The minimum atomic E-state index is -0.186. The van der Waals surface area contributed by atoms with Gasteiger partial charge in [0.05, 0.1) is 11.3 Å². The van der Waals surface area contributed by atoms with E-state index in [1.54, 1.807) is 13.1 Å². The summed E-state index contributed by atoms with van der Waals surface area (Å²) < 4.78 is 2.08. The van der Waals surface area contributed by atoms with E-state index < -0.39 is 0 Å². The van der Waals surface area contributed by atoms with Crippen molar-refractivity contribution in [2.45, 2.75) is 45.2 Å². The molecule has 8 heteroatoms. The van der Waals surface area contributed by atoms with Crippen molar-refractivity contribution in [3.05, 3.63) is 84.2 Å². The summed E-state index contributed by atoms with van der Waals surface area (Å²) in [5.74, 6) is 6.19. The van der Waals surface area contributed by atoms with Gasteiger partial charge in [-0.05, 0) is 86.1 Å². The van der Waals surface area contributed by atoms with Gasteiger partial charge in [0.15, 0.2) is 11.5 Å². The molecule has 1 aromatic carbocycles. The Morgan fingerprint density at radius 3 is 2.63 bits per heavy atom. The Morgan fingerprint density at radius 2 is 1.90 bits per heavy atom. The molecular weight excluding hydrogens is 510 g/mol. The zero-order chi connectivity index (χ0) is 28.2. The van der Waals surface area contributed by atoms with Gasteiger partial charge in [-0.15, -0.1) is 0 Å². The van der Waals surface area contributed by atoms with Crippen LogP contribution < -0.4 is 11.1 Å². The number of amides is 1. The van der Waals surface area contributed by atoms with E-state index >= 15 is 0 Å². The monoisotopic (exact) mass is 543 g/mol. The Kier molecular flexibility index (Phi) is 7.61. The number of fused-ring (bicyclic) bond motifs is 1. The predicted molar refractivity (Wildman–Crippen MR) is 163 cm³/mol. The highest BCUT2D eigenvalue weighted by Gasteiger charge is 2.21. The zero-order valence-corrected chi connectivity index (χ0v) is 23.2. The van der Waals surface area contributed by atoms with Gasteiger partial charge in [0.25, 0.3) is 5.91 Å². The van der Waals surface area contributed by atoms with Crippen molar-refractivity contribution in [2.24, 2.45) is 0 Å². The summed E-state index contributed by atoms with van der Waals surface area (Å²) >= 11 is 0. The van der Waals surface area contributed by atoms with Crippen LogP contribution in [0.15, 0.2) is 73.0 Å². The molecule has 41 heavy (non-hydrogen) atoms. The largest absolute Gasteiger partial charge is 0.383 e. The summed E-state index contributed by atoms with van der Waals surface area (Å²) in [6.07, 6.45) is 12.2. The fourth-order valence-electron chi connectivity index (χ4n) is 5.53. The molecule has 0 atom stereocenters. The first-order valence-electron chi connectivity index (χ1n) is 14.1. The van der Waals surface area contributed by atoms with Crippen molar-refractivity contribution < 1.29 is 4.79 Å². The zero-order valence-electron chi connectivity index (χ0n) is 23.2. The maximum atomic E-state index is 11.8. The number of anilines is 1. The number of likely N-dealkylation sites (tertiary alicyclic amines) is 1. The summed E-state index contributed by atoms with van der Waals surface area (Å²) in [6, 6.07) is 16.6. The van der Waals surface area contributed by atoms with Crippen LogP contribution in [0.5, 0.6) is 0 Å². The van der Waals surface area contributed by atoms with Crippen LogP contribution in [-0.4, -0.2) is 49.5 Å². The summed E-state index contributed by atoms with van der Waals surface area (Å²) in [5, 5.41) is 3.01. The quantitative estimate of drug-likeness (QED) is 0.336. The molecule has 0 spiro atoms. The second-order valence-electron chi connectivity index (χ2n) is 10.5. The van der Waals surface area contributed by atoms with E-state index in [-0.39, 0.29) is 11.9 Å². The van der Waals surface area contributed by atoms with E-state index in [9.17, 15) is 4.79 Å². The number of nitrogens with zero attached hydrogens (tertiary/aromatic N) is 5. The van der Waals surface area contributed by atoms with Gasteiger partial charge in [0.1, 0.15) is 11.3 Å². The van der Waals surface area contributed by atoms with Crippen LogP contribution >= 0.6 is 0 Å². The molecule has 4 aromatic rings. The third-order valence-electron chi connectivity index (χ3n) is 7.64. The number of allylic oxidation sites excluding steroid dienone is 4. The smallest absolute Gasteiger partial charge is 0.296 e. The minimum absolute atomic E-state index is 0.186. The van der Waals surface area contributed by atoms with Gasteiger partial charge >= 0.3 is 0 Å². The number of carbonyl (C=O) groups excluding carboxylic acids is 1. The molecule has 0 saturated carbocycles. The van der Waals surface area contributed by atoms with Gasteiger partial charge in [-0.3, -0.25) is 14.3 Å². The lowest BCUT2D eigenvalue weighted by Crippen LogP contribution is -2.44. The lowest BCUT2D eigenvalue weighted by atomic mass is 10.0. The Bertz CT molecular complexity index is 1700. The maximum absolute atomic E-state index is 11.8. The molecule has 0 bridgehead atoms. The molecular formula is C33H33N7O. The number of nitrogens with one attached hydrogen (secondary N) is 1. The maximum Gasteiger partial charge on any atom is 0.296 e. The minimum Gasteiger partial charge on any atom is -0.383 e. The lowest BCUT2D eigenvalue weighted by molar-refractivity contribution is -0.116. The molecule has 3 N–H and O–H groups in total. The van der Waals surface area contributed by atoms with Crippen molar-refractivity contribution in [3.63, 3.8) is 0 Å². The SMILES string of the molecule is CC#CC(=O)NC1CCN(Cc2ccc(-n3c(-c4cccnc4N)nc4ccc(C5=CCCC=C5)nc43)cc2)CC1.